The first kappa shape index (κ1) is 26.9. The summed E-state index contributed by atoms with van der Waals surface area (Å²) < 4.78 is 21.3. The first-order valence-electron chi connectivity index (χ1n) is 10.7. The second-order valence-electron chi connectivity index (χ2n) is 7.62. The molecule has 3 rings (SSSR count). The number of carbonyl (C=O) groups excluding carboxylic acids is 2. The molecule has 186 valence electrons. The average Bonchev–Trinajstić information content (AvgIpc) is 2.87. The smallest absolute Gasteiger partial charge is 0.317 e. The Hall–Kier alpha value is -3.33. The van der Waals surface area contributed by atoms with E-state index in [9.17, 15) is 9.59 Å². The summed E-state index contributed by atoms with van der Waals surface area (Å²) in [4.78, 5) is 29.3. The molecule has 2 aromatic carbocycles. The van der Waals surface area contributed by atoms with Crippen LogP contribution in [0.3, 0.4) is 0 Å². The number of piperazine rings is 1. The Bertz CT molecular complexity index is 995. The van der Waals surface area contributed by atoms with Crippen molar-refractivity contribution < 1.29 is 28.5 Å². The van der Waals surface area contributed by atoms with Crippen molar-refractivity contribution in [2.24, 2.45) is 0 Å². The number of rotatable bonds is 7. The molecule has 9 nitrogen and oxygen atoms in total. The van der Waals surface area contributed by atoms with Crippen LogP contribution in [0.25, 0.3) is 0 Å². The quantitative estimate of drug-likeness (QED) is 0.636. The number of ether oxygens (including phenoxy) is 4. The molecule has 1 aliphatic rings. The molecule has 0 bridgehead atoms. The lowest BCUT2D eigenvalue weighted by Gasteiger charge is -2.35. The highest BCUT2D eigenvalue weighted by Gasteiger charge is 2.27. The van der Waals surface area contributed by atoms with Crippen LogP contribution in [-0.4, -0.2) is 76.4 Å². The number of nitrogens with one attached hydrogen (secondary N) is 1. The van der Waals surface area contributed by atoms with Gasteiger partial charge in [0.25, 0.3) is 5.91 Å². The van der Waals surface area contributed by atoms with Gasteiger partial charge in [-0.2, -0.15) is 0 Å². The first-order valence-corrected chi connectivity index (χ1v) is 10.7. The van der Waals surface area contributed by atoms with Crippen LogP contribution in [-0.2, 0) is 0 Å². The molecular weight excluding hydrogens is 462 g/mol. The third-order valence-corrected chi connectivity index (χ3v) is 5.74. The van der Waals surface area contributed by atoms with E-state index in [-0.39, 0.29) is 30.4 Å². The van der Waals surface area contributed by atoms with Crippen LogP contribution in [0.1, 0.15) is 28.9 Å². The molecule has 1 fully saturated rings. The van der Waals surface area contributed by atoms with E-state index in [1.165, 1.54) is 7.11 Å². The van der Waals surface area contributed by atoms with E-state index in [0.717, 1.165) is 5.56 Å². The molecule has 1 saturated heterocycles. The maximum absolute atomic E-state index is 13.0. The van der Waals surface area contributed by atoms with Crippen molar-refractivity contribution in [2.75, 3.05) is 54.6 Å². The zero-order valence-corrected chi connectivity index (χ0v) is 20.9. The van der Waals surface area contributed by atoms with Gasteiger partial charge in [-0.3, -0.25) is 4.79 Å². The van der Waals surface area contributed by atoms with E-state index in [1.54, 1.807) is 49.3 Å². The average molecular weight is 494 g/mol. The zero-order valence-electron chi connectivity index (χ0n) is 20.1. The second-order valence-corrected chi connectivity index (χ2v) is 7.62. The molecule has 0 radical (unpaired) electrons. The molecule has 0 spiro atoms. The molecular formula is C24H32ClN3O6. The topological polar surface area (TPSA) is 89.6 Å². The maximum Gasteiger partial charge on any atom is 0.317 e. The van der Waals surface area contributed by atoms with Gasteiger partial charge in [-0.1, -0.05) is 0 Å². The first-order chi connectivity index (χ1) is 15.9. The third-order valence-electron chi connectivity index (χ3n) is 5.74. The number of halogens is 1. The van der Waals surface area contributed by atoms with E-state index < -0.39 is 0 Å². The second kappa shape index (κ2) is 12.2. The Labute approximate surface area is 206 Å². The summed E-state index contributed by atoms with van der Waals surface area (Å²) >= 11 is 0. The Morgan fingerprint density at radius 3 is 1.94 bits per heavy atom. The van der Waals surface area contributed by atoms with Crippen LogP contribution in [0, 0.1) is 0 Å². The molecule has 1 aliphatic heterocycles. The van der Waals surface area contributed by atoms with Gasteiger partial charge in [0, 0.05) is 37.8 Å². The number of methoxy groups -OCH3 is 4. The molecule has 0 saturated carbocycles. The molecule has 1 unspecified atom stereocenters. The van der Waals surface area contributed by atoms with Gasteiger partial charge in [0.15, 0.2) is 0 Å². The third kappa shape index (κ3) is 5.96. The minimum atomic E-state index is -0.286. The number of hydrogen-bond donors (Lipinski definition) is 1. The van der Waals surface area contributed by atoms with Gasteiger partial charge < -0.3 is 34.1 Å². The highest BCUT2D eigenvalue weighted by atomic mass is 35.5. The molecule has 1 atom stereocenters. The number of nitrogens with zero attached hydrogens (tertiary/aromatic N) is 2. The van der Waals surface area contributed by atoms with E-state index in [2.05, 4.69) is 5.32 Å². The predicted octanol–water partition coefficient (Wildman–Crippen LogP) is 3.37. The molecule has 0 aromatic heterocycles. The molecule has 1 heterocycles. The molecule has 2 aromatic rings. The summed E-state index contributed by atoms with van der Waals surface area (Å²) in [7, 11) is 6.27. The summed E-state index contributed by atoms with van der Waals surface area (Å²) in [6.45, 7) is 3.61. The Kier molecular flexibility index (Phi) is 9.68. The highest BCUT2D eigenvalue weighted by Crippen LogP contribution is 2.29. The molecule has 10 heteroatoms. The van der Waals surface area contributed by atoms with Gasteiger partial charge in [0.2, 0.25) is 0 Å². The van der Waals surface area contributed by atoms with Gasteiger partial charge >= 0.3 is 6.03 Å². The lowest BCUT2D eigenvalue weighted by atomic mass is 10.1. The van der Waals surface area contributed by atoms with Crippen molar-refractivity contribution >= 4 is 24.3 Å². The Balaban J connectivity index is 0.00000408. The Morgan fingerprint density at radius 2 is 1.35 bits per heavy atom. The lowest BCUT2D eigenvalue weighted by molar-refractivity contribution is 0.0660. The van der Waals surface area contributed by atoms with Crippen LogP contribution < -0.4 is 24.3 Å². The van der Waals surface area contributed by atoms with Crippen molar-refractivity contribution in [1.29, 1.82) is 0 Å². The highest BCUT2D eigenvalue weighted by molar-refractivity contribution is 5.97. The number of carbonyl (C=O) groups is 2. The van der Waals surface area contributed by atoms with Gasteiger partial charge in [-0.15, -0.1) is 12.4 Å². The van der Waals surface area contributed by atoms with E-state index >= 15 is 0 Å². The largest absolute Gasteiger partial charge is 0.497 e. The predicted molar refractivity (Wildman–Crippen MR) is 131 cm³/mol. The molecule has 34 heavy (non-hydrogen) atoms. The van der Waals surface area contributed by atoms with Crippen LogP contribution in [0.4, 0.5) is 4.79 Å². The van der Waals surface area contributed by atoms with Gasteiger partial charge in [-0.05, 0) is 37.3 Å². The number of urea groups is 1. The molecule has 0 aliphatic carbocycles. The summed E-state index contributed by atoms with van der Waals surface area (Å²) in [5, 5.41) is 3.01. The summed E-state index contributed by atoms with van der Waals surface area (Å²) in [5.41, 5.74) is 1.29. The van der Waals surface area contributed by atoms with E-state index in [1.807, 2.05) is 25.1 Å². The summed E-state index contributed by atoms with van der Waals surface area (Å²) in [6, 6.07) is 10.1. The van der Waals surface area contributed by atoms with Gasteiger partial charge in [0.1, 0.15) is 23.0 Å². The van der Waals surface area contributed by atoms with Crippen LogP contribution >= 0.6 is 12.4 Å². The van der Waals surface area contributed by atoms with Crippen LogP contribution in [0.5, 0.6) is 23.0 Å². The van der Waals surface area contributed by atoms with Crippen molar-refractivity contribution in [3.63, 3.8) is 0 Å². The monoisotopic (exact) mass is 493 g/mol. The summed E-state index contributed by atoms with van der Waals surface area (Å²) in [6.07, 6.45) is 0. The van der Waals surface area contributed by atoms with Crippen molar-refractivity contribution in [2.45, 2.75) is 13.0 Å². The number of hydrogen-bond acceptors (Lipinski definition) is 6. The maximum atomic E-state index is 13.0. The minimum absolute atomic E-state index is 0. The van der Waals surface area contributed by atoms with Gasteiger partial charge in [0.05, 0.1) is 40.0 Å². The molecule has 1 N–H and O–H groups in total. The summed E-state index contributed by atoms with van der Waals surface area (Å²) in [5.74, 6) is 2.30. The zero-order chi connectivity index (χ0) is 24.0. The fraction of sp³-hybridized carbons (Fsp3) is 0.417. The van der Waals surface area contributed by atoms with Crippen LogP contribution in [0.2, 0.25) is 0 Å². The van der Waals surface area contributed by atoms with Crippen molar-refractivity contribution in [3.05, 3.63) is 47.5 Å². The standard InChI is InChI=1S/C24H31N3O6.ClH/c1-16(20-14-17(30-2)7-9-21(20)32-4)25-24(29)27-12-10-26(11-13-27)23(28)19-8-6-18(31-3)15-22(19)33-5;/h6-9,14-16H,10-13H2,1-5H3,(H,25,29);1H. The number of benzene rings is 2. The fourth-order valence-corrected chi connectivity index (χ4v) is 3.79. The SMILES string of the molecule is COc1ccc(C(=O)N2CCN(C(=O)NC(C)c3cc(OC)ccc3OC)CC2)c(OC)c1.Cl. The Morgan fingerprint density at radius 1 is 0.794 bits per heavy atom. The van der Waals surface area contributed by atoms with Crippen molar-refractivity contribution in [1.82, 2.24) is 15.1 Å². The number of amides is 3. The lowest BCUT2D eigenvalue weighted by Crippen LogP contribution is -2.53. The van der Waals surface area contributed by atoms with E-state index in [4.69, 9.17) is 18.9 Å². The van der Waals surface area contributed by atoms with Crippen LogP contribution in [0.15, 0.2) is 36.4 Å². The normalized spacial score (nSPS) is 13.9. The van der Waals surface area contributed by atoms with Crippen molar-refractivity contribution in [3.8, 4) is 23.0 Å². The fourth-order valence-electron chi connectivity index (χ4n) is 3.79. The minimum Gasteiger partial charge on any atom is -0.497 e. The molecule has 3 amide bonds. The van der Waals surface area contributed by atoms with E-state index in [0.29, 0.717) is 54.7 Å². The van der Waals surface area contributed by atoms with Gasteiger partial charge in [-0.25, -0.2) is 4.79 Å².